The Morgan fingerprint density at radius 2 is 1.45 bits per heavy atom. The van der Waals surface area contributed by atoms with E-state index in [1.54, 1.807) is 42.5 Å². The number of anilines is 2. The van der Waals surface area contributed by atoms with Gasteiger partial charge in [0.05, 0.1) is 0 Å². The Morgan fingerprint density at radius 3 is 2.00 bits per heavy atom. The molecule has 0 spiro atoms. The van der Waals surface area contributed by atoms with Crippen LogP contribution in [0, 0.1) is 6.92 Å². The number of amides is 2. The number of carbonyl (C=O) groups is 2. The van der Waals surface area contributed by atoms with Crippen LogP contribution in [-0.2, 0) is 9.59 Å². The first-order chi connectivity index (χ1) is 9.54. The molecule has 20 heavy (non-hydrogen) atoms. The average molecular weight is 289 g/mol. The van der Waals surface area contributed by atoms with Gasteiger partial charge in [-0.25, -0.2) is 0 Å². The second-order valence-corrected chi connectivity index (χ2v) is 4.72. The van der Waals surface area contributed by atoms with Crippen LogP contribution in [0.3, 0.4) is 0 Å². The van der Waals surface area contributed by atoms with Gasteiger partial charge in [-0.15, -0.1) is 0 Å². The molecule has 0 aromatic heterocycles. The molecule has 0 bridgehead atoms. The minimum Gasteiger partial charge on any atom is -0.318 e. The Morgan fingerprint density at radius 1 is 0.900 bits per heavy atom. The van der Waals surface area contributed by atoms with Crippen LogP contribution in [0.5, 0.6) is 0 Å². The Bertz CT molecular complexity index is 598. The van der Waals surface area contributed by atoms with Gasteiger partial charge in [0.25, 0.3) is 0 Å². The van der Waals surface area contributed by atoms with Crippen LogP contribution >= 0.6 is 11.6 Å². The second kappa shape index (κ2) is 6.21. The third-order valence-electron chi connectivity index (χ3n) is 2.56. The summed E-state index contributed by atoms with van der Waals surface area (Å²) >= 11 is 5.80. The zero-order chi connectivity index (χ0) is 14.5. The molecule has 0 fully saturated rings. The fourth-order valence-corrected chi connectivity index (χ4v) is 1.86. The zero-order valence-corrected chi connectivity index (χ0v) is 11.6. The first-order valence-electron chi connectivity index (χ1n) is 5.99. The van der Waals surface area contributed by atoms with Crippen LogP contribution < -0.4 is 10.6 Å². The molecule has 2 rings (SSSR count). The van der Waals surface area contributed by atoms with Crippen LogP contribution in [0.4, 0.5) is 11.4 Å². The molecule has 5 heteroatoms. The van der Waals surface area contributed by atoms with Crippen LogP contribution in [0.25, 0.3) is 0 Å². The van der Waals surface area contributed by atoms with Crippen molar-refractivity contribution in [2.24, 2.45) is 0 Å². The van der Waals surface area contributed by atoms with Gasteiger partial charge in [-0.3, -0.25) is 9.59 Å². The molecule has 102 valence electrons. The number of nitrogens with one attached hydrogen (secondary N) is 2. The number of rotatable bonds is 2. The molecule has 2 aromatic rings. The molecule has 2 N–H and O–H groups in total. The second-order valence-electron chi connectivity index (χ2n) is 4.29. The largest absolute Gasteiger partial charge is 0.318 e. The van der Waals surface area contributed by atoms with E-state index in [0.29, 0.717) is 16.4 Å². The zero-order valence-electron chi connectivity index (χ0n) is 10.8. The predicted molar refractivity (Wildman–Crippen MR) is 79.9 cm³/mol. The number of hydrogen-bond acceptors (Lipinski definition) is 2. The maximum Gasteiger partial charge on any atom is 0.314 e. The van der Waals surface area contributed by atoms with Gasteiger partial charge in [-0.05, 0) is 42.8 Å². The summed E-state index contributed by atoms with van der Waals surface area (Å²) in [5.41, 5.74) is 2.05. The van der Waals surface area contributed by atoms with E-state index in [0.717, 1.165) is 5.56 Å². The van der Waals surface area contributed by atoms with Crippen molar-refractivity contribution in [3.05, 3.63) is 59.1 Å². The van der Waals surface area contributed by atoms with Crippen molar-refractivity contribution >= 4 is 34.8 Å². The maximum absolute atomic E-state index is 11.8. The fraction of sp³-hybridized carbons (Fsp3) is 0.0667. The van der Waals surface area contributed by atoms with Crippen LogP contribution in [0.1, 0.15) is 5.56 Å². The van der Waals surface area contributed by atoms with Gasteiger partial charge in [0, 0.05) is 16.4 Å². The van der Waals surface area contributed by atoms with Gasteiger partial charge in [0.15, 0.2) is 0 Å². The van der Waals surface area contributed by atoms with Gasteiger partial charge < -0.3 is 10.6 Å². The van der Waals surface area contributed by atoms with E-state index in [4.69, 9.17) is 11.6 Å². The van der Waals surface area contributed by atoms with Crippen molar-refractivity contribution in [3.63, 3.8) is 0 Å². The van der Waals surface area contributed by atoms with Crippen molar-refractivity contribution in [3.8, 4) is 0 Å². The molecule has 0 unspecified atom stereocenters. The molecule has 0 aliphatic heterocycles. The lowest BCUT2D eigenvalue weighted by atomic mass is 10.2. The predicted octanol–water partition coefficient (Wildman–Crippen LogP) is 3.23. The summed E-state index contributed by atoms with van der Waals surface area (Å²) in [5, 5.41) is 5.50. The lowest BCUT2D eigenvalue weighted by Gasteiger charge is -2.07. The Kier molecular flexibility index (Phi) is 4.38. The van der Waals surface area contributed by atoms with E-state index >= 15 is 0 Å². The van der Waals surface area contributed by atoms with Crippen LogP contribution in [0.15, 0.2) is 48.5 Å². The Labute approximate surface area is 121 Å². The van der Waals surface area contributed by atoms with Crippen molar-refractivity contribution in [2.45, 2.75) is 6.92 Å². The van der Waals surface area contributed by atoms with E-state index in [-0.39, 0.29) is 0 Å². The molecular weight excluding hydrogens is 276 g/mol. The number of hydrogen-bond donors (Lipinski definition) is 2. The lowest BCUT2D eigenvalue weighted by Crippen LogP contribution is -2.29. The minimum atomic E-state index is -0.742. The van der Waals surface area contributed by atoms with Gasteiger partial charge >= 0.3 is 11.8 Å². The summed E-state index contributed by atoms with van der Waals surface area (Å²) in [5.74, 6) is -1.47. The summed E-state index contributed by atoms with van der Waals surface area (Å²) in [6.07, 6.45) is 0. The fourth-order valence-electron chi connectivity index (χ4n) is 1.66. The molecular formula is C15H13ClN2O2. The summed E-state index contributed by atoms with van der Waals surface area (Å²) in [6.45, 7) is 1.90. The first-order valence-corrected chi connectivity index (χ1v) is 6.37. The molecule has 0 radical (unpaired) electrons. The topological polar surface area (TPSA) is 58.2 Å². The van der Waals surface area contributed by atoms with E-state index < -0.39 is 11.8 Å². The highest BCUT2D eigenvalue weighted by atomic mass is 35.5. The Balaban J connectivity index is 2.01. The molecule has 2 aromatic carbocycles. The SMILES string of the molecule is Cc1cccc(NC(=O)C(=O)Nc2cccc(Cl)c2)c1. The maximum atomic E-state index is 11.8. The monoisotopic (exact) mass is 288 g/mol. The van der Waals surface area contributed by atoms with Crippen molar-refractivity contribution in [1.29, 1.82) is 0 Å². The number of aryl methyl sites for hydroxylation is 1. The highest BCUT2D eigenvalue weighted by Crippen LogP contribution is 2.15. The smallest absolute Gasteiger partial charge is 0.314 e. The number of benzene rings is 2. The summed E-state index contributed by atoms with van der Waals surface area (Å²) in [4.78, 5) is 23.5. The van der Waals surface area contributed by atoms with Gasteiger partial charge in [0.1, 0.15) is 0 Å². The van der Waals surface area contributed by atoms with E-state index in [1.165, 1.54) is 0 Å². The summed E-state index contributed by atoms with van der Waals surface area (Å²) in [6, 6.07) is 13.8. The molecule has 0 heterocycles. The Hall–Kier alpha value is -2.33. The highest BCUT2D eigenvalue weighted by Gasteiger charge is 2.14. The summed E-state index contributed by atoms with van der Waals surface area (Å²) in [7, 11) is 0. The number of carbonyl (C=O) groups excluding carboxylic acids is 2. The van der Waals surface area contributed by atoms with Crippen molar-refractivity contribution < 1.29 is 9.59 Å². The van der Waals surface area contributed by atoms with Gasteiger partial charge in [0.2, 0.25) is 0 Å². The minimum absolute atomic E-state index is 0.474. The standard InChI is InChI=1S/C15H13ClN2O2/c1-10-4-2-6-12(8-10)17-14(19)15(20)18-13-7-3-5-11(16)9-13/h2-9H,1H3,(H,17,19)(H,18,20). The first kappa shape index (κ1) is 14.1. The van der Waals surface area contributed by atoms with Gasteiger partial charge in [-0.2, -0.15) is 0 Å². The van der Waals surface area contributed by atoms with E-state index in [9.17, 15) is 9.59 Å². The molecule has 4 nitrogen and oxygen atoms in total. The third kappa shape index (κ3) is 3.83. The van der Waals surface area contributed by atoms with Crippen LogP contribution in [0.2, 0.25) is 5.02 Å². The normalized spacial score (nSPS) is 9.90. The summed E-state index contributed by atoms with van der Waals surface area (Å²) < 4.78 is 0. The quantitative estimate of drug-likeness (QED) is 0.834. The molecule has 0 atom stereocenters. The molecule has 0 saturated heterocycles. The van der Waals surface area contributed by atoms with E-state index in [2.05, 4.69) is 10.6 Å². The average Bonchev–Trinajstić information content (AvgIpc) is 2.38. The lowest BCUT2D eigenvalue weighted by molar-refractivity contribution is -0.132. The third-order valence-corrected chi connectivity index (χ3v) is 2.80. The molecule has 2 amide bonds. The van der Waals surface area contributed by atoms with E-state index in [1.807, 2.05) is 13.0 Å². The number of halogens is 1. The van der Waals surface area contributed by atoms with Crippen LogP contribution in [-0.4, -0.2) is 11.8 Å². The van der Waals surface area contributed by atoms with Crippen molar-refractivity contribution in [2.75, 3.05) is 10.6 Å². The molecule has 0 aliphatic rings. The molecule has 0 saturated carbocycles. The van der Waals surface area contributed by atoms with Gasteiger partial charge in [-0.1, -0.05) is 29.8 Å². The molecule has 0 aliphatic carbocycles. The highest BCUT2D eigenvalue weighted by molar-refractivity contribution is 6.43. The van der Waals surface area contributed by atoms with Crippen molar-refractivity contribution in [1.82, 2.24) is 0 Å².